The maximum Gasteiger partial charge on any atom is 0.0798 e. The molecular formula is C15H20N4. The Morgan fingerprint density at radius 1 is 1.32 bits per heavy atom. The van der Waals surface area contributed by atoms with Crippen molar-refractivity contribution in [2.45, 2.75) is 32.2 Å². The van der Waals surface area contributed by atoms with Crippen molar-refractivity contribution in [3.63, 3.8) is 0 Å². The van der Waals surface area contributed by atoms with Gasteiger partial charge < -0.3 is 5.32 Å². The summed E-state index contributed by atoms with van der Waals surface area (Å²) in [6.45, 7) is 3.05. The Balaban J connectivity index is 1.98. The van der Waals surface area contributed by atoms with Crippen LogP contribution in [0.1, 0.15) is 41.8 Å². The molecule has 3 rings (SSSR count). The minimum Gasteiger partial charge on any atom is -0.305 e. The normalized spacial score (nSPS) is 15.5. The first-order valence-electron chi connectivity index (χ1n) is 6.99. The molecule has 0 fully saturated rings. The standard InChI is InChI=1S/C15H20N4/c1-3-16-15(14-10-17-18-19(14)2)13-8-7-11-5-4-6-12(11)9-13/h7-10,15-16H,3-6H2,1-2H3. The molecular weight excluding hydrogens is 236 g/mol. The third-order valence-corrected chi connectivity index (χ3v) is 3.91. The maximum atomic E-state index is 4.04. The Hall–Kier alpha value is -1.68. The first kappa shape index (κ1) is 12.4. The maximum absolute atomic E-state index is 4.04. The van der Waals surface area contributed by atoms with Crippen LogP contribution >= 0.6 is 0 Å². The number of nitrogens with one attached hydrogen (secondary N) is 1. The minimum atomic E-state index is 0.177. The fraction of sp³-hybridized carbons (Fsp3) is 0.467. The highest BCUT2D eigenvalue weighted by atomic mass is 15.4. The summed E-state index contributed by atoms with van der Waals surface area (Å²) in [6.07, 6.45) is 5.58. The first-order valence-corrected chi connectivity index (χ1v) is 6.99. The van der Waals surface area contributed by atoms with Crippen LogP contribution in [0.4, 0.5) is 0 Å². The highest BCUT2D eigenvalue weighted by Gasteiger charge is 2.19. The van der Waals surface area contributed by atoms with Crippen molar-refractivity contribution in [3.8, 4) is 0 Å². The summed E-state index contributed by atoms with van der Waals surface area (Å²) in [4.78, 5) is 0. The molecule has 19 heavy (non-hydrogen) atoms. The van der Waals surface area contributed by atoms with E-state index in [0.717, 1.165) is 12.2 Å². The van der Waals surface area contributed by atoms with Crippen LogP contribution < -0.4 is 5.32 Å². The van der Waals surface area contributed by atoms with E-state index < -0.39 is 0 Å². The minimum absolute atomic E-state index is 0.177. The van der Waals surface area contributed by atoms with Crippen LogP contribution in [0, 0.1) is 0 Å². The van der Waals surface area contributed by atoms with Crippen molar-refractivity contribution in [1.29, 1.82) is 0 Å². The van der Waals surface area contributed by atoms with E-state index in [2.05, 4.69) is 40.8 Å². The van der Waals surface area contributed by atoms with E-state index in [0.29, 0.717) is 0 Å². The highest BCUT2D eigenvalue weighted by molar-refractivity contribution is 5.38. The van der Waals surface area contributed by atoms with Gasteiger partial charge in [-0.3, -0.25) is 4.68 Å². The zero-order valence-electron chi connectivity index (χ0n) is 11.6. The number of nitrogens with zero attached hydrogens (tertiary/aromatic N) is 3. The van der Waals surface area contributed by atoms with Gasteiger partial charge in [0.1, 0.15) is 0 Å². The van der Waals surface area contributed by atoms with Crippen LogP contribution in [-0.4, -0.2) is 21.5 Å². The summed E-state index contributed by atoms with van der Waals surface area (Å²) in [5, 5.41) is 11.6. The number of aromatic nitrogens is 3. The number of hydrogen-bond acceptors (Lipinski definition) is 3. The molecule has 0 aliphatic heterocycles. The monoisotopic (exact) mass is 256 g/mol. The fourth-order valence-electron chi connectivity index (χ4n) is 2.93. The van der Waals surface area contributed by atoms with E-state index in [1.165, 1.54) is 36.0 Å². The summed E-state index contributed by atoms with van der Waals surface area (Å²) < 4.78 is 1.85. The molecule has 1 unspecified atom stereocenters. The number of aryl methyl sites for hydroxylation is 3. The summed E-state index contributed by atoms with van der Waals surface area (Å²) in [5.74, 6) is 0. The molecule has 4 heteroatoms. The summed E-state index contributed by atoms with van der Waals surface area (Å²) in [6, 6.07) is 7.05. The third kappa shape index (κ3) is 2.28. The van der Waals surface area contributed by atoms with Crippen molar-refractivity contribution in [2.24, 2.45) is 7.05 Å². The van der Waals surface area contributed by atoms with Gasteiger partial charge in [0.2, 0.25) is 0 Å². The summed E-state index contributed by atoms with van der Waals surface area (Å²) in [7, 11) is 1.94. The van der Waals surface area contributed by atoms with Crippen molar-refractivity contribution in [3.05, 3.63) is 46.8 Å². The van der Waals surface area contributed by atoms with E-state index in [1.54, 1.807) is 0 Å². The van der Waals surface area contributed by atoms with Crippen LogP contribution in [-0.2, 0) is 19.9 Å². The van der Waals surface area contributed by atoms with Gasteiger partial charge in [-0.05, 0) is 42.5 Å². The Morgan fingerprint density at radius 3 is 2.89 bits per heavy atom. The second-order valence-electron chi connectivity index (χ2n) is 5.15. The molecule has 1 aromatic heterocycles. The summed E-state index contributed by atoms with van der Waals surface area (Å²) >= 11 is 0. The van der Waals surface area contributed by atoms with Gasteiger partial charge >= 0.3 is 0 Å². The van der Waals surface area contributed by atoms with Crippen LogP contribution in [0.3, 0.4) is 0 Å². The molecule has 1 N–H and O–H groups in total. The van der Waals surface area contributed by atoms with Crippen LogP contribution in [0.15, 0.2) is 24.4 Å². The van der Waals surface area contributed by atoms with Crippen LogP contribution in [0.2, 0.25) is 0 Å². The third-order valence-electron chi connectivity index (χ3n) is 3.91. The van der Waals surface area contributed by atoms with E-state index in [9.17, 15) is 0 Å². The Labute approximate surface area is 113 Å². The molecule has 2 aromatic rings. The lowest BCUT2D eigenvalue weighted by molar-refractivity contribution is 0.568. The molecule has 0 radical (unpaired) electrons. The lowest BCUT2D eigenvalue weighted by Gasteiger charge is -2.19. The zero-order valence-corrected chi connectivity index (χ0v) is 11.6. The molecule has 1 aliphatic carbocycles. The largest absolute Gasteiger partial charge is 0.305 e. The van der Waals surface area contributed by atoms with E-state index >= 15 is 0 Å². The van der Waals surface area contributed by atoms with Gasteiger partial charge in [0, 0.05) is 7.05 Å². The second kappa shape index (κ2) is 5.13. The second-order valence-corrected chi connectivity index (χ2v) is 5.15. The summed E-state index contributed by atoms with van der Waals surface area (Å²) in [5.41, 5.74) is 5.45. The van der Waals surface area contributed by atoms with Crippen molar-refractivity contribution >= 4 is 0 Å². The van der Waals surface area contributed by atoms with Gasteiger partial charge in [-0.25, -0.2) is 0 Å². The molecule has 0 saturated carbocycles. The molecule has 4 nitrogen and oxygen atoms in total. The molecule has 1 aromatic carbocycles. The van der Waals surface area contributed by atoms with Gasteiger partial charge in [0.05, 0.1) is 17.9 Å². The number of hydrogen-bond donors (Lipinski definition) is 1. The van der Waals surface area contributed by atoms with Gasteiger partial charge in [0.15, 0.2) is 0 Å². The molecule has 0 saturated heterocycles. The Bertz CT molecular complexity index is 573. The van der Waals surface area contributed by atoms with Crippen LogP contribution in [0.5, 0.6) is 0 Å². The molecule has 1 atom stereocenters. The van der Waals surface area contributed by atoms with Crippen molar-refractivity contribution < 1.29 is 0 Å². The first-order chi connectivity index (χ1) is 9.29. The molecule has 100 valence electrons. The van der Waals surface area contributed by atoms with Gasteiger partial charge in [-0.2, -0.15) is 0 Å². The van der Waals surface area contributed by atoms with E-state index in [-0.39, 0.29) is 6.04 Å². The lowest BCUT2D eigenvalue weighted by Crippen LogP contribution is -2.24. The number of benzene rings is 1. The number of fused-ring (bicyclic) bond motifs is 1. The van der Waals surface area contributed by atoms with Crippen molar-refractivity contribution in [1.82, 2.24) is 20.3 Å². The van der Waals surface area contributed by atoms with E-state index in [4.69, 9.17) is 0 Å². The molecule has 0 bridgehead atoms. The zero-order chi connectivity index (χ0) is 13.2. The smallest absolute Gasteiger partial charge is 0.0798 e. The lowest BCUT2D eigenvalue weighted by atomic mass is 9.99. The molecule has 0 amide bonds. The average molecular weight is 256 g/mol. The molecule has 1 aliphatic rings. The SMILES string of the molecule is CCNC(c1ccc2c(c1)CCC2)c1cnnn1C. The molecule has 0 spiro atoms. The highest BCUT2D eigenvalue weighted by Crippen LogP contribution is 2.28. The Kier molecular flexibility index (Phi) is 3.34. The van der Waals surface area contributed by atoms with Gasteiger partial charge in [0.25, 0.3) is 0 Å². The van der Waals surface area contributed by atoms with E-state index in [1.807, 2.05) is 17.9 Å². The molecule has 1 heterocycles. The Morgan fingerprint density at radius 2 is 2.16 bits per heavy atom. The predicted octanol–water partition coefficient (Wildman–Crippen LogP) is 2.00. The fourth-order valence-corrected chi connectivity index (χ4v) is 2.93. The van der Waals surface area contributed by atoms with Gasteiger partial charge in [-0.1, -0.05) is 30.3 Å². The number of rotatable bonds is 4. The topological polar surface area (TPSA) is 42.7 Å². The average Bonchev–Trinajstić information content (AvgIpc) is 3.03. The predicted molar refractivity (Wildman–Crippen MR) is 75.0 cm³/mol. The quantitative estimate of drug-likeness (QED) is 0.910. The van der Waals surface area contributed by atoms with Crippen LogP contribution in [0.25, 0.3) is 0 Å². The van der Waals surface area contributed by atoms with Gasteiger partial charge in [-0.15, -0.1) is 5.10 Å². The van der Waals surface area contributed by atoms with Crippen molar-refractivity contribution in [2.75, 3.05) is 6.54 Å².